The molecule has 0 unspecified atom stereocenters. The van der Waals surface area contributed by atoms with Crippen molar-refractivity contribution in [3.63, 3.8) is 0 Å². The highest BCUT2D eigenvalue weighted by Crippen LogP contribution is 2.44. The number of fused-ring (bicyclic) bond motifs is 3. The Morgan fingerprint density at radius 2 is 1.61 bits per heavy atom. The number of unbranched alkanes of at least 4 members (excludes halogenated alkanes) is 2. The van der Waals surface area contributed by atoms with E-state index >= 15 is 0 Å². The van der Waals surface area contributed by atoms with E-state index in [0.29, 0.717) is 19.3 Å². The lowest BCUT2D eigenvalue weighted by atomic mass is 9.98. The summed E-state index contributed by atoms with van der Waals surface area (Å²) in [6, 6.07) is 15.0. The third kappa shape index (κ3) is 6.44. The van der Waals surface area contributed by atoms with Crippen LogP contribution in [0.4, 0.5) is 4.79 Å². The Labute approximate surface area is 193 Å². The minimum atomic E-state index is -1.12. The zero-order chi connectivity index (χ0) is 23.6. The molecule has 2 aromatic rings. The van der Waals surface area contributed by atoms with E-state index in [0.717, 1.165) is 22.3 Å². The summed E-state index contributed by atoms with van der Waals surface area (Å²) in [5.41, 5.74) is 4.43. The first kappa shape index (κ1) is 24.0. The lowest BCUT2D eigenvalue weighted by Gasteiger charge is -2.17. The highest BCUT2D eigenvalue weighted by atomic mass is 16.5. The first-order chi connectivity index (χ1) is 16.0. The van der Waals surface area contributed by atoms with Gasteiger partial charge in [-0.1, -0.05) is 74.0 Å². The summed E-state index contributed by atoms with van der Waals surface area (Å²) in [4.78, 5) is 35.4. The molecule has 1 aliphatic rings. The maximum absolute atomic E-state index is 12.4. The van der Waals surface area contributed by atoms with Crippen LogP contribution in [0.5, 0.6) is 0 Å². The van der Waals surface area contributed by atoms with E-state index in [2.05, 4.69) is 11.9 Å². The van der Waals surface area contributed by atoms with Crippen molar-refractivity contribution in [1.82, 2.24) is 5.32 Å². The van der Waals surface area contributed by atoms with Crippen LogP contribution < -0.4 is 5.32 Å². The van der Waals surface area contributed by atoms with Gasteiger partial charge in [0.25, 0.3) is 0 Å². The Kier molecular flexibility index (Phi) is 8.63. The molecule has 1 atom stereocenters. The maximum Gasteiger partial charge on any atom is 0.407 e. The van der Waals surface area contributed by atoms with Crippen molar-refractivity contribution in [2.45, 2.75) is 44.1 Å². The quantitative estimate of drug-likeness (QED) is 0.277. The molecule has 174 valence electrons. The molecule has 0 saturated carbocycles. The number of benzene rings is 2. The molecule has 7 nitrogen and oxygen atoms in total. The smallest absolute Gasteiger partial charge is 0.407 e. The van der Waals surface area contributed by atoms with E-state index < -0.39 is 18.1 Å². The molecule has 7 heteroatoms. The summed E-state index contributed by atoms with van der Waals surface area (Å²) in [6.07, 6.45) is 3.07. The zero-order valence-corrected chi connectivity index (χ0v) is 18.5. The van der Waals surface area contributed by atoms with E-state index in [1.165, 1.54) is 6.08 Å². The van der Waals surface area contributed by atoms with E-state index in [-0.39, 0.29) is 37.9 Å². The minimum absolute atomic E-state index is 0.0905. The molecule has 2 aromatic carbocycles. The number of rotatable bonds is 12. The van der Waals surface area contributed by atoms with E-state index in [1.807, 2.05) is 48.5 Å². The number of carboxylic acids is 1. The van der Waals surface area contributed by atoms with Gasteiger partial charge in [0.15, 0.2) is 0 Å². The summed E-state index contributed by atoms with van der Waals surface area (Å²) in [6.45, 7) is 3.79. The molecule has 0 heterocycles. The van der Waals surface area contributed by atoms with Crippen LogP contribution in [0.25, 0.3) is 11.1 Å². The minimum Gasteiger partial charge on any atom is -0.480 e. The lowest BCUT2D eigenvalue weighted by Crippen LogP contribution is -2.41. The summed E-state index contributed by atoms with van der Waals surface area (Å²) in [5.74, 6) is -1.51. The van der Waals surface area contributed by atoms with Gasteiger partial charge in [-0.05, 0) is 35.1 Å². The zero-order valence-electron chi connectivity index (χ0n) is 18.5. The fourth-order valence-corrected chi connectivity index (χ4v) is 4.06. The van der Waals surface area contributed by atoms with Crippen LogP contribution >= 0.6 is 0 Å². The van der Waals surface area contributed by atoms with Gasteiger partial charge in [0, 0.05) is 12.3 Å². The lowest BCUT2D eigenvalue weighted by molar-refractivity contribution is -0.142. The van der Waals surface area contributed by atoms with Gasteiger partial charge >= 0.3 is 18.0 Å². The second-order valence-electron chi connectivity index (χ2n) is 7.93. The number of amides is 1. The molecule has 0 fully saturated rings. The summed E-state index contributed by atoms with van der Waals surface area (Å²) >= 11 is 0. The molecule has 2 N–H and O–H groups in total. The third-order valence-electron chi connectivity index (χ3n) is 5.67. The van der Waals surface area contributed by atoms with Gasteiger partial charge in [0.2, 0.25) is 0 Å². The van der Waals surface area contributed by atoms with Crippen LogP contribution in [-0.4, -0.2) is 42.4 Å². The van der Waals surface area contributed by atoms with Gasteiger partial charge in [-0.15, -0.1) is 0 Å². The van der Waals surface area contributed by atoms with Crippen molar-refractivity contribution >= 4 is 18.0 Å². The van der Waals surface area contributed by atoms with Gasteiger partial charge in [0.1, 0.15) is 19.3 Å². The number of carboxylic acid groups (broad SMARTS) is 1. The monoisotopic (exact) mass is 451 g/mol. The van der Waals surface area contributed by atoms with Crippen molar-refractivity contribution in [3.05, 3.63) is 72.3 Å². The highest BCUT2D eigenvalue weighted by Gasteiger charge is 2.29. The summed E-state index contributed by atoms with van der Waals surface area (Å²) in [5, 5.41) is 11.9. The van der Waals surface area contributed by atoms with Crippen molar-refractivity contribution in [3.8, 4) is 11.1 Å². The molecule has 0 radical (unpaired) electrons. The number of ether oxygens (including phenoxy) is 2. The molecule has 0 aliphatic heterocycles. The third-order valence-corrected chi connectivity index (χ3v) is 5.67. The molecule has 3 rings (SSSR count). The average Bonchev–Trinajstić information content (AvgIpc) is 3.14. The number of alkyl carbamates (subject to hydrolysis) is 1. The first-order valence-corrected chi connectivity index (χ1v) is 11.1. The standard InChI is InChI=1S/C26H29NO6/c1-2-16-32-24(28)15-5-3-4-14-23(25(29)30)27-26(31)33-17-22-20-12-8-6-10-18(20)19-11-7-9-13-21(19)22/h2,6-13,22-23H,1,3-5,14-17H2,(H,27,31)(H,29,30)/t23-/m1/s1. The number of carbonyl (C=O) groups is 3. The van der Waals surface area contributed by atoms with Gasteiger partial charge in [-0.3, -0.25) is 4.79 Å². The first-order valence-electron chi connectivity index (χ1n) is 11.1. The molecule has 0 aromatic heterocycles. The van der Waals surface area contributed by atoms with Crippen LogP contribution in [0.2, 0.25) is 0 Å². The number of hydrogen-bond acceptors (Lipinski definition) is 5. The number of hydrogen-bond donors (Lipinski definition) is 2. The number of aliphatic carboxylic acids is 1. The second kappa shape index (κ2) is 11.9. The van der Waals surface area contributed by atoms with Crippen LogP contribution in [0.15, 0.2) is 61.2 Å². The Hall–Kier alpha value is -3.61. The Morgan fingerprint density at radius 1 is 0.970 bits per heavy atom. The fraction of sp³-hybridized carbons (Fsp3) is 0.346. The van der Waals surface area contributed by atoms with Crippen molar-refractivity contribution in [2.24, 2.45) is 0 Å². The summed E-state index contributed by atoms with van der Waals surface area (Å²) < 4.78 is 10.3. The number of carbonyl (C=O) groups excluding carboxylic acids is 2. The largest absolute Gasteiger partial charge is 0.480 e. The van der Waals surface area contributed by atoms with E-state index in [9.17, 15) is 19.5 Å². The number of esters is 1. The van der Waals surface area contributed by atoms with Gasteiger partial charge in [-0.2, -0.15) is 0 Å². The predicted octanol–water partition coefficient (Wildman–Crippen LogP) is 4.66. The van der Waals surface area contributed by atoms with Crippen molar-refractivity contribution in [2.75, 3.05) is 13.2 Å². The topological polar surface area (TPSA) is 102 Å². The van der Waals surface area contributed by atoms with Crippen LogP contribution in [0.1, 0.15) is 49.1 Å². The molecule has 0 bridgehead atoms. The highest BCUT2D eigenvalue weighted by molar-refractivity contribution is 5.81. The Morgan fingerprint density at radius 3 is 2.21 bits per heavy atom. The molecule has 1 aliphatic carbocycles. The van der Waals surface area contributed by atoms with Crippen molar-refractivity contribution < 1.29 is 29.0 Å². The van der Waals surface area contributed by atoms with Crippen LogP contribution in [0, 0.1) is 0 Å². The molecular formula is C26H29NO6. The van der Waals surface area contributed by atoms with Crippen LogP contribution in [-0.2, 0) is 19.1 Å². The van der Waals surface area contributed by atoms with Gasteiger partial charge in [0.05, 0.1) is 0 Å². The predicted molar refractivity (Wildman–Crippen MR) is 124 cm³/mol. The fourth-order valence-electron chi connectivity index (χ4n) is 4.06. The second-order valence-corrected chi connectivity index (χ2v) is 7.93. The van der Waals surface area contributed by atoms with E-state index in [1.54, 1.807) is 0 Å². The molecule has 0 spiro atoms. The number of nitrogens with one attached hydrogen (secondary N) is 1. The molecule has 1 amide bonds. The maximum atomic E-state index is 12.4. The molecule has 0 saturated heterocycles. The SMILES string of the molecule is C=CCOC(=O)CCCCC[C@@H](NC(=O)OCC1c2ccccc2-c2ccccc21)C(=O)O. The Bertz CT molecular complexity index is 956. The van der Waals surface area contributed by atoms with Crippen LogP contribution in [0.3, 0.4) is 0 Å². The molecular weight excluding hydrogens is 422 g/mol. The van der Waals surface area contributed by atoms with E-state index in [4.69, 9.17) is 9.47 Å². The van der Waals surface area contributed by atoms with Gasteiger partial charge in [-0.25, -0.2) is 9.59 Å². The van der Waals surface area contributed by atoms with Crippen molar-refractivity contribution in [1.29, 1.82) is 0 Å². The summed E-state index contributed by atoms with van der Waals surface area (Å²) in [7, 11) is 0. The molecule has 33 heavy (non-hydrogen) atoms. The Balaban J connectivity index is 1.46. The average molecular weight is 452 g/mol. The normalized spacial score (nSPS) is 12.8. The van der Waals surface area contributed by atoms with Gasteiger partial charge < -0.3 is 19.9 Å².